The Morgan fingerprint density at radius 3 is 2.14 bits per heavy atom. The van der Waals surface area contributed by atoms with Crippen molar-refractivity contribution in [1.82, 2.24) is 10.2 Å². The number of carbonyl (C=O) groups excluding carboxylic acids is 1. The van der Waals surface area contributed by atoms with Gasteiger partial charge in [0, 0.05) is 18.0 Å². The molecule has 3 heteroatoms. The SMILES string of the molecule is CC1CCC(N(C(=O)C2CC23CCNCC3)C2CC2)CC1. The summed E-state index contributed by atoms with van der Waals surface area (Å²) >= 11 is 0. The van der Waals surface area contributed by atoms with Gasteiger partial charge < -0.3 is 10.2 Å². The van der Waals surface area contributed by atoms with Crippen molar-refractivity contribution in [2.75, 3.05) is 13.1 Å². The van der Waals surface area contributed by atoms with Gasteiger partial charge >= 0.3 is 0 Å². The molecule has 0 aromatic carbocycles. The van der Waals surface area contributed by atoms with Crippen LogP contribution in [0.25, 0.3) is 0 Å². The molecule has 0 aromatic rings. The van der Waals surface area contributed by atoms with Gasteiger partial charge in [-0.2, -0.15) is 0 Å². The van der Waals surface area contributed by atoms with E-state index in [-0.39, 0.29) is 0 Å². The van der Waals surface area contributed by atoms with Gasteiger partial charge in [0.1, 0.15) is 0 Å². The summed E-state index contributed by atoms with van der Waals surface area (Å²) in [5.41, 5.74) is 0.400. The van der Waals surface area contributed by atoms with Crippen molar-refractivity contribution in [3.63, 3.8) is 0 Å². The standard InChI is InChI=1S/C18H30N2O/c1-13-2-4-14(5-3-13)20(15-6-7-15)17(21)16-12-18(16)8-10-19-11-9-18/h13-16,19H,2-12H2,1H3. The minimum atomic E-state index is 0.375. The average molecular weight is 290 g/mol. The van der Waals surface area contributed by atoms with E-state index < -0.39 is 0 Å². The lowest BCUT2D eigenvalue weighted by Gasteiger charge is -2.37. The second-order valence-corrected chi connectivity index (χ2v) is 8.26. The third kappa shape index (κ3) is 2.62. The minimum Gasteiger partial charge on any atom is -0.336 e. The summed E-state index contributed by atoms with van der Waals surface area (Å²) in [6.07, 6.45) is 11.3. The van der Waals surface area contributed by atoms with E-state index in [9.17, 15) is 4.79 Å². The van der Waals surface area contributed by atoms with Gasteiger partial charge in [-0.1, -0.05) is 6.92 Å². The molecule has 1 amide bonds. The summed E-state index contributed by atoms with van der Waals surface area (Å²) in [6.45, 7) is 4.60. The third-order valence-electron chi connectivity index (χ3n) is 6.66. The third-order valence-corrected chi connectivity index (χ3v) is 6.66. The van der Waals surface area contributed by atoms with Crippen molar-refractivity contribution in [2.45, 2.75) is 76.8 Å². The summed E-state index contributed by atoms with van der Waals surface area (Å²) in [5, 5.41) is 3.45. The van der Waals surface area contributed by atoms with Crippen molar-refractivity contribution in [3.05, 3.63) is 0 Å². The molecule has 4 rings (SSSR count). The van der Waals surface area contributed by atoms with E-state index in [2.05, 4.69) is 17.1 Å². The highest BCUT2D eigenvalue weighted by molar-refractivity contribution is 5.83. The Balaban J connectivity index is 1.43. The van der Waals surface area contributed by atoms with Crippen LogP contribution >= 0.6 is 0 Å². The van der Waals surface area contributed by atoms with E-state index in [1.54, 1.807) is 0 Å². The Kier molecular flexibility index (Phi) is 3.52. The van der Waals surface area contributed by atoms with E-state index in [1.807, 2.05) is 0 Å². The van der Waals surface area contributed by atoms with Crippen LogP contribution in [0.3, 0.4) is 0 Å². The zero-order chi connectivity index (χ0) is 14.4. The van der Waals surface area contributed by atoms with Crippen molar-refractivity contribution in [1.29, 1.82) is 0 Å². The van der Waals surface area contributed by atoms with Crippen LogP contribution in [0.4, 0.5) is 0 Å². The van der Waals surface area contributed by atoms with Gasteiger partial charge in [-0.15, -0.1) is 0 Å². The molecule has 4 fully saturated rings. The first-order valence-electron chi connectivity index (χ1n) is 9.22. The number of carbonyl (C=O) groups is 1. The molecule has 1 unspecified atom stereocenters. The van der Waals surface area contributed by atoms with Crippen LogP contribution in [0.5, 0.6) is 0 Å². The van der Waals surface area contributed by atoms with E-state index in [4.69, 9.17) is 0 Å². The fourth-order valence-electron chi connectivity index (χ4n) is 4.89. The quantitative estimate of drug-likeness (QED) is 0.867. The fraction of sp³-hybridized carbons (Fsp3) is 0.944. The minimum absolute atomic E-state index is 0.375. The lowest BCUT2D eigenvalue weighted by atomic mass is 9.86. The number of nitrogens with zero attached hydrogens (tertiary/aromatic N) is 1. The highest BCUT2D eigenvalue weighted by atomic mass is 16.2. The first kappa shape index (κ1) is 14.0. The van der Waals surface area contributed by atoms with Crippen LogP contribution in [0.2, 0.25) is 0 Å². The smallest absolute Gasteiger partial charge is 0.226 e. The normalized spacial score (nSPS) is 38.2. The number of hydrogen-bond donors (Lipinski definition) is 1. The zero-order valence-corrected chi connectivity index (χ0v) is 13.4. The summed E-state index contributed by atoms with van der Waals surface area (Å²) in [5.74, 6) is 1.78. The summed E-state index contributed by atoms with van der Waals surface area (Å²) in [4.78, 5) is 15.5. The molecule has 1 aliphatic heterocycles. The second-order valence-electron chi connectivity index (χ2n) is 8.26. The fourth-order valence-corrected chi connectivity index (χ4v) is 4.89. The number of hydrogen-bond acceptors (Lipinski definition) is 2. The Labute approximate surface area is 128 Å². The second kappa shape index (κ2) is 5.26. The van der Waals surface area contributed by atoms with Gasteiger partial charge in [0.15, 0.2) is 0 Å². The molecule has 118 valence electrons. The van der Waals surface area contributed by atoms with Crippen molar-refractivity contribution >= 4 is 5.91 Å². The van der Waals surface area contributed by atoms with E-state index >= 15 is 0 Å². The number of rotatable bonds is 3. The summed E-state index contributed by atoms with van der Waals surface area (Å²) < 4.78 is 0. The first-order valence-corrected chi connectivity index (χ1v) is 9.22. The molecule has 3 aliphatic carbocycles. The molecular weight excluding hydrogens is 260 g/mol. The van der Waals surface area contributed by atoms with E-state index in [0.717, 1.165) is 19.0 Å². The molecule has 0 aromatic heterocycles. The highest BCUT2D eigenvalue weighted by Crippen LogP contribution is 2.60. The molecule has 3 nitrogen and oxygen atoms in total. The number of piperidine rings is 1. The van der Waals surface area contributed by atoms with Gasteiger partial charge in [0.05, 0.1) is 0 Å². The predicted octanol–water partition coefficient (Wildman–Crippen LogP) is 2.95. The van der Waals surface area contributed by atoms with Crippen molar-refractivity contribution in [3.8, 4) is 0 Å². The van der Waals surface area contributed by atoms with Crippen LogP contribution in [0.1, 0.15) is 64.7 Å². The molecule has 1 spiro atoms. The maximum atomic E-state index is 13.1. The van der Waals surface area contributed by atoms with Gasteiger partial charge in [-0.25, -0.2) is 0 Å². The van der Waals surface area contributed by atoms with Gasteiger partial charge in [-0.05, 0) is 82.2 Å². The predicted molar refractivity (Wildman–Crippen MR) is 83.9 cm³/mol. The van der Waals surface area contributed by atoms with Crippen LogP contribution in [-0.2, 0) is 4.79 Å². The van der Waals surface area contributed by atoms with Gasteiger partial charge in [0.2, 0.25) is 5.91 Å². The summed E-state index contributed by atoms with van der Waals surface area (Å²) in [7, 11) is 0. The molecule has 0 bridgehead atoms. The Hall–Kier alpha value is -0.570. The van der Waals surface area contributed by atoms with Crippen molar-refractivity contribution < 1.29 is 4.79 Å². The lowest BCUT2D eigenvalue weighted by Crippen LogP contribution is -2.45. The monoisotopic (exact) mass is 290 g/mol. The molecule has 4 aliphatic rings. The number of nitrogens with one attached hydrogen (secondary N) is 1. The molecule has 1 atom stereocenters. The summed E-state index contributed by atoms with van der Waals surface area (Å²) in [6, 6.07) is 1.18. The average Bonchev–Trinajstić information content (AvgIpc) is 3.40. The molecule has 3 saturated carbocycles. The van der Waals surface area contributed by atoms with E-state index in [1.165, 1.54) is 57.8 Å². The molecule has 0 radical (unpaired) electrons. The molecule has 1 saturated heterocycles. The number of amides is 1. The van der Waals surface area contributed by atoms with Crippen LogP contribution in [0, 0.1) is 17.3 Å². The maximum absolute atomic E-state index is 13.1. The highest BCUT2D eigenvalue weighted by Gasteiger charge is 2.60. The van der Waals surface area contributed by atoms with Crippen LogP contribution in [-0.4, -0.2) is 36.0 Å². The van der Waals surface area contributed by atoms with Crippen LogP contribution < -0.4 is 5.32 Å². The van der Waals surface area contributed by atoms with Crippen LogP contribution in [0.15, 0.2) is 0 Å². The Morgan fingerprint density at radius 1 is 1.00 bits per heavy atom. The zero-order valence-electron chi connectivity index (χ0n) is 13.4. The Bertz CT molecular complexity index is 403. The molecule has 1 heterocycles. The largest absolute Gasteiger partial charge is 0.336 e. The molecule has 1 N–H and O–H groups in total. The van der Waals surface area contributed by atoms with Gasteiger partial charge in [0.25, 0.3) is 0 Å². The molecule has 21 heavy (non-hydrogen) atoms. The van der Waals surface area contributed by atoms with Crippen molar-refractivity contribution in [2.24, 2.45) is 17.3 Å². The topological polar surface area (TPSA) is 32.3 Å². The molecular formula is C18H30N2O. The van der Waals surface area contributed by atoms with E-state index in [0.29, 0.717) is 29.3 Å². The maximum Gasteiger partial charge on any atom is 0.226 e. The lowest BCUT2D eigenvalue weighted by molar-refractivity contribution is -0.137. The Morgan fingerprint density at radius 2 is 1.57 bits per heavy atom. The van der Waals surface area contributed by atoms with Gasteiger partial charge in [-0.3, -0.25) is 4.79 Å². The first-order chi connectivity index (χ1) is 10.2.